The van der Waals surface area contributed by atoms with Gasteiger partial charge in [-0.2, -0.15) is 0 Å². The number of methoxy groups -OCH3 is 3. The van der Waals surface area contributed by atoms with E-state index in [4.69, 9.17) is 18.9 Å². The van der Waals surface area contributed by atoms with Gasteiger partial charge >= 0.3 is 5.97 Å². The van der Waals surface area contributed by atoms with Crippen LogP contribution in [0.15, 0.2) is 18.2 Å². The SMILES string of the molecule is COC(=O)C1COCCN1Cc1cc(OC)ccc1OC. The molecule has 1 aliphatic heterocycles. The lowest BCUT2D eigenvalue weighted by Gasteiger charge is -2.33. The summed E-state index contributed by atoms with van der Waals surface area (Å²) in [5, 5.41) is 0. The maximum atomic E-state index is 11.8. The van der Waals surface area contributed by atoms with Gasteiger partial charge in [-0.05, 0) is 18.2 Å². The lowest BCUT2D eigenvalue weighted by molar-refractivity contribution is -0.153. The first kappa shape index (κ1) is 15.6. The molecule has 1 aliphatic rings. The molecule has 1 saturated heterocycles. The average molecular weight is 295 g/mol. The van der Waals surface area contributed by atoms with Crippen LogP contribution in [0.1, 0.15) is 5.56 Å². The minimum Gasteiger partial charge on any atom is -0.497 e. The van der Waals surface area contributed by atoms with Gasteiger partial charge in [0.25, 0.3) is 0 Å². The second-order valence-corrected chi connectivity index (χ2v) is 4.76. The Morgan fingerprint density at radius 3 is 2.81 bits per heavy atom. The fourth-order valence-corrected chi connectivity index (χ4v) is 2.40. The van der Waals surface area contributed by atoms with Crippen molar-refractivity contribution in [3.05, 3.63) is 23.8 Å². The van der Waals surface area contributed by atoms with Crippen molar-refractivity contribution in [2.24, 2.45) is 0 Å². The van der Waals surface area contributed by atoms with Crippen LogP contribution in [0.25, 0.3) is 0 Å². The molecule has 0 radical (unpaired) electrons. The molecule has 0 bridgehead atoms. The van der Waals surface area contributed by atoms with E-state index in [1.165, 1.54) is 7.11 Å². The van der Waals surface area contributed by atoms with E-state index in [9.17, 15) is 4.79 Å². The van der Waals surface area contributed by atoms with Gasteiger partial charge in [0.15, 0.2) is 0 Å². The van der Waals surface area contributed by atoms with Gasteiger partial charge in [-0.3, -0.25) is 9.69 Å². The first-order chi connectivity index (χ1) is 10.2. The molecule has 21 heavy (non-hydrogen) atoms. The zero-order chi connectivity index (χ0) is 15.2. The Balaban J connectivity index is 2.20. The van der Waals surface area contributed by atoms with Gasteiger partial charge in [-0.1, -0.05) is 0 Å². The largest absolute Gasteiger partial charge is 0.497 e. The molecule has 1 unspecified atom stereocenters. The van der Waals surface area contributed by atoms with Crippen molar-refractivity contribution in [1.29, 1.82) is 0 Å². The second kappa shape index (κ2) is 7.28. The number of benzene rings is 1. The van der Waals surface area contributed by atoms with Crippen LogP contribution in [-0.2, 0) is 20.8 Å². The molecule has 1 aromatic rings. The van der Waals surface area contributed by atoms with E-state index in [1.807, 2.05) is 23.1 Å². The Kier molecular flexibility index (Phi) is 5.41. The van der Waals surface area contributed by atoms with Crippen molar-refractivity contribution in [3.63, 3.8) is 0 Å². The van der Waals surface area contributed by atoms with Crippen molar-refractivity contribution in [1.82, 2.24) is 4.90 Å². The van der Waals surface area contributed by atoms with E-state index < -0.39 is 0 Å². The van der Waals surface area contributed by atoms with Crippen molar-refractivity contribution >= 4 is 5.97 Å². The summed E-state index contributed by atoms with van der Waals surface area (Å²) in [5.41, 5.74) is 0.965. The number of carbonyl (C=O) groups excluding carboxylic acids is 1. The lowest BCUT2D eigenvalue weighted by Crippen LogP contribution is -2.49. The number of hydrogen-bond donors (Lipinski definition) is 0. The van der Waals surface area contributed by atoms with Crippen LogP contribution in [0.4, 0.5) is 0 Å². The number of hydrogen-bond acceptors (Lipinski definition) is 6. The molecule has 0 aliphatic carbocycles. The first-order valence-electron chi connectivity index (χ1n) is 6.80. The first-order valence-corrected chi connectivity index (χ1v) is 6.80. The van der Waals surface area contributed by atoms with E-state index in [1.54, 1.807) is 14.2 Å². The van der Waals surface area contributed by atoms with Crippen LogP contribution in [0.3, 0.4) is 0 Å². The molecule has 0 saturated carbocycles. The molecule has 116 valence electrons. The summed E-state index contributed by atoms with van der Waals surface area (Å²) in [7, 11) is 4.64. The Hall–Kier alpha value is -1.79. The van der Waals surface area contributed by atoms with Gasteiger partial charge in [-0.15, -0.1) is 0 Å². The molecule has 0 spiro atoms. The van der Waals surface area contributed by atoms with E-state index in [2.05, 4.69) is 0 Å². The zero-order valence-corrected chi connectivity index (χ0v) is 12.6. The molecule has 0 N–H and O–H groups in total. The highest BCUT2D eigenvalue weighted by atomic mass is 16.5. The van der Waals surface area contributed by atoms with Gasteiger partial charge in [0.2, 0.25) is 0 Å². The van der Waals surface area contributed by atoms with Gasteiger partial charge < -0.3 is 18.9 Å². The quantitative estimate of drug-likeness (QED) is 0.758. The average Bonchev–Trinajstić information content (AvgIpc) is 2.54. The molecular formula is C15H21NO5. The zero-order valence-electron chi connectivity index (χ0n) is 12.6. The van der Waals surface area contributed by atoms with Gasteiger partial charge in [0.1, 0.15) is 17.5 Å². The van der Waals surface area contributed by atoms with Gasteiger partial charge in [-0.25, -0.2) is 0 Å². The van der Waals surface area contributed by atoms with Crippen molar-refractivity contribution in [3.8, 4) is 11.5 Å². The van der Waals surface area contributed by atoms with E-state index in [-0.39, 0.29) is 12.0 Å². The van der Waals surface area contributed by atoms with E-state index >= 15 is 0 Å². The van der Waals surface area contributed by atoms with E-state index in [0.29, 0.717) is 26.3 Å². The minimum atomic E-state index is -0.389. The molecule has 0 amide bonds. The highest BCUT2D eigenvalue weighted by Gasteiger charge is 2.30. The van der Waals surface area contributed by atoms with Crippen molar-refractivity contribution < 1.29 is 23.7 Å². The Morgan fingerprint density at radius 1 is 1.33 bits per heavy atom. The van der Waals surface area contributed by atoms with Gasteiger partial charge in [0.05, 0.1) is 34.5 Å². The topological polar surface area (TPSA) is 57.2 Å². The standard InChI is InChI=1S/C15H21NO5/c1-18-12-4-5-14(19-2)11(8-12)9-16-6-7-21-10-13(16)15(17)20-3/h4-5,8,13H,6-7,9-10H2,1-3H3. The summed E-state index contributed by atoms with van der Waals surface area (Å²) < 4.78 is 20.8. The number of ether oxygens (including phenoxy) is 4. The monoisotopic (exact) mass is 295 g/mol. The summed E-state index contributed by atoms with van der Waals surface area (Å²) in [6.07, 6.45) is 0. The fourth-order valence-electron chi connectivity index (χ4n) is 2.40. The molecule has 1 fully saturated rings. The highest BCUT2D eigenvalue weighted by molar-refractivity contribution is 5.76. The number of morpholine rings is 1. The molecule has 6 nitrogen and oxygen atoms in total. The van der Waals surface area contributed by atoms with Crippen LogP contribution >= 0.6 is 0 Å². The molecule has 1 heterocycles. The second-order valence-electron chi connectivity index (χ2n) is 4.76. The lowest BCUT2D eigenvalue weighted by atomic mass is 10.1. The predicted octanol–water partition coefficient (Wildman–Crippen LogP) is 1.08. The Morgan fingerprint density at radius 2 is 2.14 bits per heavy atom. The Labute approximate surface area is 124 Å². The normalized spacial score (nSPS) is 19.1. The number of esters is 1. The fraction of sp³-hybridized carbons (Fsp3) is 0.533. The maximum Gasteiger partial charge on any atom is 0.325 e. The number of carbonyl (C=O) groups is 1. The van der Waals surface area contributed by atoms with Crippen molar-refractivity contribution in [2.75, 3.05) is 41.1 Å². The number of nitrogens with zero attached hydrogens (tertiary/aromatic N) is 1. The number of rotatable bonds is 5. The van der Waals surface area contributed by atoms with Crippen LogP contribution in [0, 0.1) is 0 Å². The van der Waals surface area contributed by atoms with E-state index in [0.717, 1.165) is 17.1 Å². The third-order valence-electron chi connectivity index (χ3n) is 3.57. The summed E-state index contributed by atoms with van der Waals surface area (Å²) in [6.45, 7) is 2.18. The van der Waals surface area contributed by atoms with Crippen LogP contribution in [0.5, 0.6) is 11.5 Å². The molecule has 1 atom stereocenters. The molecule has 2 rings (SSSR count). The smallest absolute Gasteiger partial charge is 0.325 e. The highest BCUT2D eigenvalue weighted by Crippen LogP contribution is 2.26. The molecular weight excluding hydrogens is 274 g/mol. The van der Waals surface area contributed by atoms with Gasteiger partial charge in [0, 0.05) is 18.7 Å². The van der Waals surface area contributed by atoms with Crippen LogP contribution in [-0.4, -0.2) is 58.0 Å². The van der Waals surface area contributed by atoms with Crippen LogP contribution < -0.4 is 9.47 Å². The summed E-state index contributed by atoms with van der Waals surface area (Å²) >= 11 is 0. The van der Waals surface area contributed by atoms with Crippen molar-refractivity contribution in [2.45, 2.75) is 12.6 Å². The summed E-state index contributed by atoms with van der Waals surface area (Å²) in [4.78, 5) is 13.9. The molecule has 6 heteroatoms. The minimum absolute atomic E-state index is 0.281. The molecule has 0 aromatic heterocycles. The third-order valence-corrected chi connectivity index (χ3v) is 3.57. The Bertz CT molecular complexity index is 491. The summed E-state index contributed by atoms with van der Waals surface area (Å²) in [6, 6.07) is 5.24. The molecule has 1 aromatic carbocycles. The summed E-state index contributed by atoms with van der Waals surface area (Å²) in [5.74, 6) is 1.25. The predicted molar refractivity (Wildman–Crippen MR) is 76.6 cm³/mol. The van der Waals surface area contributed by atoms with Crippen LogP contribution in [0.2, 0.25) is 0 Å². The third kappa shape index (κ3) is 3.65. The maximum absolute atomic E-state index is 11.8.